The highest BCUT2D eigenvalue weighted by Crippen LogP contribution is 2.41. The van der Waals surface area contributed by atoms with E-state index in [0.717, 1.165) is 35.3 Å². The Bertz CT molecular complexity index is 959. The lowest BCUT2D eigenvalue weighted by Crippen LogP contribution is -2.46. The van der Waals surface area contributed by atoms with Crippen molar-refractivity contribution in [3.8, 4) is 5.75 Å². The van der Waals surface area contributed by atoms with E-state index in [1.165, 1.54) is 10.5 Å². The number of rotatable bonds is 3. The summed E-state index contributed by atoms with van der Waals surface area (Å²) in [5.41, 5.74) is 3.25. The van der Waals surface area contributed by atoms with Crippen molar-refractivity contribution in [1.82, 2.24) is 10.2 Å². The average molecular weight is 392 g/mol. The molecule has 1 N–H and O–H groups in total. The fraction of sp³-hybridized carbons (Fsp3) is 0.417. The Labute approximate surface area is 172 Å². The number of ether oxygens (including phenoxy) is 1. The molecule has 152 valence electrons. The zero-order chi connectivity index (χ0) is 20.8. The van der Waals surface area contributed by atoms with Gasteiger partial charge in [-0.15, -0.1) is 0 Å². The number of aryl methyl sites for hydroxylation is 1. The number of carbonyl (C=O) groups excluding carboxylic acids is 2. The van der Waals surface area contributed by atoms with Gasteiger partial charge in [-0.1, -0.05) is 51.1 Å². The van der Waals surface area contributed by atoms with Crippen LogP contribution in [-0.4, -0.2) is 23.9 Å². The van der Waals surface area contributed by atoms with Gasteiger partial charge in [-0.05, 0) is 59.1 Å². The summed E-state index contributed by atoms with van der Waals surface area (Å²) in [7, 11) is 1.63. The second-order valence-corrected chi connectivity index (χ2v) is 9.05. The van der Waals surface area contributed by atoms with Gasteiger partial charge < -0.3 is 10.1 Å². The molecular weight excluding hydrogens is 364 g/mol. The summed E-state index contributed by atoms with van der Waals surface area (Å²) >= 11 is 0. The summed E-state index contributed by atoms with van der Waals surface area (Å²) in [6.07, 6.45) is 2.35. The quantitative estimate of drug-likeness (QED) is 0.794. The molecule has 1 aliphatic carbocycles. The lowest BCUT2D eigenvalue weighted by molar-refractivity contribution is -0.132. The number of amides is 3. The van der Waals surface area contributed by atoms with Gasteiger partial charge in [-0.2, -0.15) is 0 Å². The number of urea groups is 1. The molecule has 5 heteroatoms. The van der Waals surface area contributed by atoms with E-state index in [1.54, 1.807) is 7.11 Å². The molecule has 5 nitrogen and oxygen atoms in total. The fourth-order valence-electron chi connectivity index (χ4n) is 4.41. The Morgan fingerprint density at radius 1 is 1.10 bits per heavy atom. The maximum Gasteiger partial charge on any atom is 0.325 e. The van der Waals surface area contributed by atoms with Crippen molar-refractivity contribution in [2.24, 2.45) is 0 Å². The van der Waals surface area contributed by atoms with Gasteiger partial charge in [0, 0.05) is 0 Å². The van der Waals surface area contributed by atoms with Crippen LogP contribution in [0.25, 0.3) is 0 Å². The highest BCUT2D eigenvalue weighted by Gasteiger charge is 2.53. The molecule has 0 bridgehead atoms. The molecule has 4 rings (SSSR count). The molecule has 3 amide bonds. The van der Waals surface area contributed by atoms with Gasteiger partial charge in [0.2, 0.25) is 0 Å². The van der Waals surface area contributed by atoms with Crippen molar-refractivity contribution >= 4 is 11.9 Å². The van der Waals surface area contributed by atoms with Crippen molar-refractivity contribution in [2.75, 3.05) is 7.11 Å². The summed E-state index contributed by atoms with van der Waals surface area (Å²) in [6, 6.07) is 13.6. The van der Waals surface area contributed by atoms with Gasteiger partial charge in [0.15, 0.2) is 0 Å². The number of fused-ring (bicyclic) bond motifs is 2. The first-order chi connectivity index (χ1) is 13.7. The van der Waals surface area contributed by atoms with Crippen molar-refractivity contribution in [2.45, 2.75) is 57.5 Å². The van der Waals surface area contributed by atoms with Crippen LogP contribution in [0.1, 0.15) is 55.9 Å². The van der Waals surface area contributed by atoms with E-state index in [9.17, 15) is 9.59 Å². The van der Waals surface area contributed by atoms with Gasteiger partial charge in [-0.3, -0.25) is 9.69 Å². The molecule has 1 heterocycles. The number of carbonyl (C=O) groups is 2. The second kappa shape index (κ2) is 6.90. The van der Waals surface area contributed by atoms with Crippen LogP contribution in [0, 0.1) is 0 Å². The normalized spacial score (nSPS) is 21.3. The topological polar surface area (TPSA) is 58.6 Å². The monoisotopic (exact) mass is 392 g/mol. The Hall–Kier alpha value is -2.82. The molecule has 1 saturated heterocycles. The standard InChI is InChI=1S/C24H28N2O3/c1-23(2,3)18-9-7-16(8-10-18)15-26-21(27)24(25-22(26)28)13-5-6-17-14-19(29-4)11-12-20(17)24/h7-12,14H,5-6,13,15H2,1-4H3,(H,25,28)/t24-/m1/s1. The predicted molar refractivity (Wildman–Crippen MR) is 112 cm³/mol. The third-order valence-electron chi connectivity index (χ3n) is 6.11. The Kier molecular flexibility index (Phi) is 4.64. The number of imide groups is 1. The number of nitrogens with one attached hydrogen (secondary N) is 1. The van der Waals surface area contributed by atoms with Gasteiger partial charge in [0.05, 0.1) is 13.7 Å². The summed E-state index contributed by atoms with van der Waals surface area (Å²) in [4.78, 5) is 27.6. The third kappa shape index (κ3) is 3.28. The van der Waals surface area contributed by atoms with Crippen molar-refractivity contribution in [3.05, 3.63) is 64.7 Å². The molecule has 0 radical (unpaired) electrons. The van der Waals surface area contributed by atoms with Crippen LogP contribution < -0.4 is 10.1 Å². The van der Waals surface area contributed by atoms with E-state index in [-0.39, 0.29) is 23.9 Å². The number of hydrogen-bond donors (Lipinski definition) is 1. The summed E-state index contributed by atoms with van der Waals surface area (Å²) in [5, 5.41) is 3.02. The molecule has 1 atom stereocenters. The van der Waals surface area contributed by atoms with Gasteiger partial charge in [-0.25, -0.2) is 4.79 Å². The molecule has 1 aliphatic heterocycles. The summed E-state index contributed by atoms with van der Waals surface area (Å²) in [6.45, 7) is 6.78. The van der Waals surface area contributed by atoms with Crippen LogP contribution in [0.15, 0.2) is 42.5 Å². The molecule has 29 heavy (non-hydrogen) atoms. The van der Waals surface area contributed by atoms with Gasteiger partial charge in [0.25, 0.3) is 5.91 Å². The van der Waals surface area contributed by atoms with Gasteiger partial charge in [0.1, 0.15) is 11.3 Å². The van der Waals surface area contributed by atoms with Crippen LogP contribution in [0.2, 0.25) is 0 Å². The SMILES string of the molecule is COc1ccc2c(c1)CCC[C@@]21NC(=O)N(Cc2ccc(C(C)(C)C)cc2)C1=O. The molecule has 2 aliphatic rings. The van der Waals surface area contributed by atoms with E-state index in [1.807, 2.05) is 30.3 Å². The Balaban J connectivity index is 1.62. The highest BCUT2D eigenvalue weighted by atomic mass is 16.5. The molecule has 2 aromatic rings. The average Bonchev–Trinajstić information content (AvgIpc) is 2.92. The van der Waals surface area contributed by atoms with E-state index in [2.05, 4.69) is 38.2 Å². The highest BCUT2D eigenvalue weighted by molar-refractivity contribution is 6.07. The maximum atomic E-state index is 13.5. The Morgan fingerprint density at radius 3 is 2.48 bits per heavy atom. The van der Waals surface area contributed by atoms with E-state index < -0.39 is 5.54 Å². The molecule has 0 unspecified atom stereocenters. The van der Waals surface area contributed by atoms with E-state index in [4.69, 9.17) is 4.74 Å². The lowest BCUT2D eigenvalue weighted by atomic mass is 9.76. The van der Waals surface area contributed by atoms with Crippen LogP contribution in [0.3, 0.4) is 0 Å². The minimum Gasteiger partial charge on any atom is -0.497 e. The first kappa shape index (κ1) is 19.5. The van der Waals surface area contributed by atoms with Gasteiger partial charge >= 0.3 is 6.03 Å². The number of nitrogens with zero attached hydrogens (tertiary/aromatic N) is 1. The van der Waals surface area contributed by atoms with Crippen molar-refractivity contribution in [3.63, 3.8) is 0 Å². The Morgan fingerprint density at radius 2 is 1.83 bits per heavy atom. The first-order valence-corrected chi connectivity index (χ1v) is 10.2. The molecule has 2 aromatic carbocycles. The maximum absolute atomic E-state index is 13.5. The first-order valence-electron chi connectivity index (χ1n) is 10.2. The number of hydrogen-bond acceptors (Lipinski definition) is 3. The molecule has 0 saturated carbocycles. The largest absolute Gasteiger partial charge is 0.497 e. The van der Waals surface area contributed by atoms with Crippen molar-refractivity contribution < 1.29 is 14.3 Å². The predicted octanol–water partition coefficient (Wildman–Crippen LogP) is 4.28. The third-order valence-corrected chi connectivity index (χ3v) is 6.11. The molecule has 0 aromatic heterocycles. The van der Waals surface area contributed by atoms with Crippen LogP contribution >= 0.6 is 0 Å². The van der Waals surface area contributed by atoms with E-state index >= 15 is 0 Å². The minimum absolute atomic E-state index is 0.0658. The zero-order valence-corrected chi connectivity index (χ0v) is 17.5. The summed E-state index contributed by atoms with van der Waals surface area (Å²) in [5.74, 6) is 0.613. The zero-order valence-electron chi connectivity index (χ0n) is 17.5. The molecular formula is C24H28N2O3. The molecule has 1 fully saturated rings. The second-order valence-electron chi connectivity index (χ2n) is 9.05. The fourth-order valence-corrected chi connectivity index (χ4v) is 4.41. The van der Waals surface area contributed by atoms with Crippen LogP contribution in [0.5, 0.6) is 5.75 Å². The van der Waals surface area contributed by atoms with Crippen LogP contribution in [-0.2, 0) is 28.7 Å². The van der Waals surface area contributed by atoms with Crippen LogP contribution in [0.4, 0.5) is 4.79 Å². The van der Waals surface area contributed by atoms with Crippen molar-refractivity contribution in [1.29, 1.82) is 0 Å². The number of methoxy groups -OCH3 is 1. The summed E-state index contributed by atoms with van der Waals surface area (Å²) < 4.78 is 5.33. The van der Waals surface area contributed by atoms with E-state index in [0.29, 0.717) is 6.42 Å². The smallest absolute Gasteiger partial charge is 0.325 e. The number of benzene rings is 2. The molecule has 1 spiro atoms. The lowest BCUT2D eigenvalue weighted by Gasteiger charge is -2.33. The minimum atomic E-state index is -0.956.